The van der Waals surface area contributed by atoms with Gasteiger partial charge in [-0.05, 0) is 19.8 Å². The van der Waals surface area contributed by atoms with Gasteiger partial charge in [0.25, 0.3) is 0 Å². The summed E-state index contributed by atoms with van der Waals surface area (Å²) in [4.78, 5) is 3.79. The molecule has 0 spiro atoms. The molecule has 1 aromatic heterocycles. The molecule has 0 aliphatic carbocycles. The summed E-state index contributed by atoms with van der Waals surface area (Å²) in [5.74, 6) is 3.36. The zero-order valence-electron chi connectivity index (χ0n) is 10.1. The summed E-state index contributed by atoms with van der Waals surface area (Å²) < 4.78 is 32.1. The highest BCUT2D eigenvalue weighted by molar-refractivity contribution is 5.48. The van der Waals surface area contributed by atoms with E-state index >= 15 is 0 Å². The Bertz CT molecular complexity index is 435. The molecular weight excluding hydrogens is 242 g/mol. The number of hydrogen-bond acceptors (Lipinski definition) is 5. The predicted molar refractivity (Wildman–Crippen MR) is 64.0 cm³/mol. The molecule has 18 heavy (non-hydrogen) atoms. The number of halogens is 2. The highest BCUT2D eigenvalue weighted by Crippen LogP contribution is 2.27. The molecule has 100 valence electrons. The number of ether oxygens (including phenoxy) is 1. The molecule has 5 nitrogen and oxygen atoms in total. The Morgan fingerprint density at radius 1 is 1.28 bits per heavy atom. The van der Waals surface area contributed by atoms with Crippen LogP contribution < -0.4 is 16.6 Å². The molecule has 2 heterocycles. The first-order valence-electron chi connectivity index (χ1n) is 5.73. The van der Waals surface area contributed by atoms with Crippen LogP contribution in [0.15, 0.2) is 6.07 Å². The molecule has 0 atom stereocenters. The molecule has 2 rings (SSSR count). The van der Waals surface area contributed by atoms with E-state index in [0.717, 1.165) is 18.9 Å². The van der Waals surface area contributed by atoms with Crippen LogP contribution in [0, 0.1) is 11.6 Å². The van der Waals surface area contributed by atoms with Crippen LogP contribution in [0.5, 0.6) is 0 Å². The van der Waals surface area contributed by atoms with E-state index in [9.17, 15) is 8.78 Å². The van der Waals surface area contributed by atoms with Crippen molar-refractivity contribution in [1.82, 2.24) is 4.98 Å². The molecule has 1 aromatic rings. The largest absolute Gasteiger partial charge is 0.381 e. The fraction of sp³-hybridized carbons (Fsp3) is 0.545. The fourth-order valence-corrected chi connectivity index (χ4v) is 1.89. The lowest BCUT2D eigenvalue weighted by atomic mass is 9.92. The molecule has 7 heteroatoms. The Morgan fingerprint density at radius 2 is 1.89 bits per heavy atom. The third-order valence-electron chi connectivity index (χ3n) is 3.08. The van der Waals surface area contributed by atoms with Crippen molar-refractivity contribution in [3.05, 3.63) is 17.7 Å². The van der Waals surface area contributed by atoms with E-state index < -0.39 is 11.6 Å². The van der Waals surface area contributed by atoms with Gasteiger partial charge in [-0.1, -0.05) is 0 Å². The normalized spacial score (nSPS) is 18.4. The average Bonchev–Trinajstić information content (AvgIpc) is 2.33. The summed E-state index contributed by atoms with van der Waals surface area (Å²) >= 11 is 0. The van der Waals surface area contributed by atoms with E-state index in [2.05, 4.69) is 15.7 Å². The topological polar surface area (TPSA) is 72.2 Å². The molecule has 1 aliphatic heterocycles. The maximum Gasteiger partial charge on any atom is 0.178 e. The molecule has 0 unspecified atom stereocenters. The van der Waals surface area contributed by atoms with Gasteiger partial charge < -0.3 is 15.5 Å². The van der Waals surface area contributed by atoms with Gasteiger partial charge in [0.15, 0.2) is 23.3 Å². The zero-order chi connectivity index (χ0) is 13.2. The summed E-state index contributed by atoms with van der Waals surface area (Å²) in [6, 6.07) is 0.757. The third-order valence-corrected chi connectivity index (χ3v) is 3.08. The molecule has 0 amide bonds. The molecule has 1 aliphatic rings. The number of rotatable bonds is 3. The van der Waals surface area contributed by atoms with E-state index in [1.807, 2.05) is 6.92 Å². The van der Waals surface area contributed by atoms with Crippen molar-refractivity contribution < 1.29 is 13.5 Å². The molecule has 0 bridgehead atoms. The van der Waals surface area contributed by atoms with Crippen molar-refractivity contribution in [3.63, 3.8) is 0 Å². The number of anilines is 2. The van der Waals surface area contributed by atoms with E-state index in [-0.39, 0.29) is 17.2 Å². The number of pyridine rings is 1. The van der Waals surface area contributed by atoms with Gasteiger partial charge >= 0.3 is 0 Å². The summed E-state index contributed by atoms with van der Waals surface area (Å²) in [7, 11) is 0. The van der Waals surface area contributed by atoms with Crippen LogP contribution in [-0.2, 0) is 4.74 Å². The van der Waals surface area contributed by atoms with Crippen LogP contribution in [0.25, 0.3) is 0 Å². The standard InChI is InChI=1S/C11H16F2N4O/c1-11(2-4-18-5-3-11)16-9-7(12)6-8(13)10(15-9)17-14/h6H,2-5,14H2,1H3,(H2,15,16,17). The van der Waals surface area contributed by atoms with Crippen molar-refractivity contribution in [2.45, 2.75) is 25.3 Å². The monoisotopic (exact) mass is 258 g/mol. The molecule has 4 N–H and O–H groups in total. The number of nitrogens with zero attached hydrogens (tertiary/aromatic N) is 1. The van der Waals surface area contributed by atoms with Crippen molar-refractivity contribution in [2.75, 3.05) is 24.0 Å². The van der Waals surface area contributed by atoms with Crippen LogP contribution in [0.4, 0.5) is 20.4 Å². The van der Waals surface area contributed by atoms with E-state index in [0.29, 0.717) is 13.2 Å². The SMILES string of the molecule is CC1(Nc2nc(NN)c(F)cc2F)CCOCC1. The van der Waals surface area contributed by atoms with Crippen molar-refractivity contribution >= 4 is 11.6 Å². The summed E-state index contributed by atoms with van der Waals surface area (Å²) in [5, 5.41) is 3.00. The first-order valence-corrected chi connectivity index (χ1v) is 5.73. The van der Waals surface area contributed by atoms with Crippen molar-refractivity contribution in [3.8, 4) is 0 Å². The van der Waals surface area contributed by atoms with Gasteiger partial charge in [0.05, 0.1) is 0 Å². The lowest BCUT2D eigenvalue weighted by Gasteiger charge is -2.35. The molecule has 1 saturated heterocycles. The number of nitrogens with two attached hydrogens (primary N) is 1. The minimum atomic E-state index is -0.822. The second-order valence-electron chi connectivity index (χ2n) is 4.59. The smallest absolute Gasteiger partial charge is 0.178 e. The van der Waals surface area contributed by atoms with Crippen LogP contribution in [0.2, 0.25) is 0 Å². The molecular formula is C11H16F2N4O. The Hall–Kier alpha value is -1.47. The van der Waals surface area contributed by atoms with Gasteiger partial charge in [-0.2, -0.15) is 0 Å². The summed E-state index contributed by atoms with van der Waals surface area (Å²) in [5.41, 5.74) is 1.79. The lowest BCUT2D eigenvalue weighted by molar-refractivity contribution is 0.0656. The van der Waals surface area contributed by atoms with Crippen LogP contribution in [-0.4, -0.2) is 23.7 Å². The Kier molecular flexibility index (Phi) is 3.63. The van der Waals surface area contributed by atoms with Crippen molar-refractivity contribution in [2.24, 2.45) is 5.84 Å². The predicted octanol–water partition coefficient (Wildman–Crippen LogP) is 1.63. The highest BCUT2D eigenvalue weighted by Gasteiger charge is 2.28. The third kappa shape index (κ3) is 2.68. The highest BCUT2D eigenvalue weighted by atomic mass is 19.1. The molecule has 0 aromatic carbocycles. The minimum Gasteiger partial charge on any atom is -0.381 e. The number of hydrazine groups is 1. The van der Waals surface area contributed by atoms with E-state index in [4.69, 9.17) is 10.6 Å². The molecule has 1 fully saturated rings. The lowest BCUT2D eigenvalue weighted by Crippen LogP contribution is -2.41. The second kappa shape index (κ2) is 5.03. The number of hydrogen-bond donors (Lipinski definition) is 3. The molecule has 0 radical (unpaired) electrons. The van der Waals surface area contributed by atoms with Gasteiger partial charge in [-0.25, -0.2) is 19.6 Å². The first-order chi connectivity index (χ1) is 8.54. The summed E-state index contributed by atoms with van der Waals surface area (Å²) in [6.45, 7) is 3.16. The fourth-order valence-electron chi connectivity index (χ4n) is 1.89. The number of aromatic nitrogens is 1. The van der Waals surface area contributed by atoms with Crippen LogP contribution in [0.3, 0.4) is 0 Å². The number of nitrogens with one attached hydrogen (secondary N) is 2. The Labute approximate surface area is 104 Å². The van der Waals surface area contributed by atoms with E-state index in [1.165, 1.54) is 0 Å². The Morgan fingerprint density at radius 3 is 2.50 bits per heavy atom. The summed E-state index contributed by atoms with van der Waals surface area (Å²) in [6.07, 6.45) is 1.47. The van der Waals surface area contributed by atoms with Gasteiger partial charge in [-0.3, -0.25) is 0 Å². The number of nitrogen functional groups attached to an aromatic ring is 1. The average molecular weight is 258 g/mol. The van der Waals surface area contributed by atoms with Gasteiger partial charge in [0.2, 0.25) is 0 Å². The van der Waals surface area contributed by atoms with E-state index in [1.54, 1.807) is 0 Å². The molecule has 0 saturated carbocycles. The van der Waals surface area contributed by atoms with Gasteiger partial charge in [0, 0.05) is 24.8 Å². The van der Waals surface area contributed by atoms with Gasteiger partial charge in [-0.15, -0.1) is 0 Å². The maximum atomic E-state index is 13.6. The van der Waals surface area contributed by atoms with Crippen LogP contribution >= 0.6 is 0 Å². The minimum absolute atomic E-state index is 0.00579. The van der Waals surface area contributed by atoms with Crippen molar-refractivity contribution in [1.29, 1.82) is 0 Å². The quantitative estimate of drug-likeness (QED) is 0.567. The first kappa shape index (κ1) is 13.0. The zero-order valence-corrected chi connectivity index (χ0v) is 10.1. The van der Waals surface area contributed by atoms with Crippen LogP contribution in [0.1, 0.15) is 19.8 Å². The maximum absolute atomic E-state index is 13.6. The second-order valence-corrected chi connectivity index (χ2v) is 4.59. The Balaban J connectivity index is 2.22. The van der Waals surface area contributed by atoms with Gasteiger partial charge in [0.1, 0.15) is 0 Å².